The minimum atomic E-state index is -0.435. The molecule has 0 unspecified atom stereocenters. The van der Waals surface area contributed by atoms with Crippen LogP contribution in [-0.2, 0) is 4.79 Å². The highest BCUT2D eigenvalue weighted by Gasteiger charge is 2.08. The van der Waals surface area contributed by atoms with E-state index in [1.54, 1.807) is 35.7 Å². The lowest BCUT2D eigenvalue weighted by Crippen LogP contribution is -2.43. The number of ether oxygens (including phenoxy) is 1. The van der Waals surface area contributed by atoms with E-state index in [-0.39, 0.29) is 12.5 Å². The Bertz CT molecular complexity index is 601. The van der Waals surface area contributed by atoms with Gasteiger partial charge in [0.25, 0.3) is 11.8 Å². The van der Waals surface area contributed by atoms with Crippen molar-refractivity contribution in [3.8, 4) is 5.75 Å². The van der Waals surface area contributed by atoms with E-state index in [0.29, 0.717) is 10.6 Å². The fourth-order valence-electron chi connectivity index (χ4n) is 1.34. The van der Waals surface area contributed by atoms with Crippen LogP contribution < -0.4 is 15.6 Å². The predicted octanol–water partition coefficient (Wildman–Crippen LogP) is 2.35. The van der Waals surface area contributed by atoms with Gasteiger partial charge in [0.2, 0.25) is 0 Å². The summed E-state index contributed by atoms with van der Waals surface area (Å²) in [5.41, 5.74) is 4.60. The summed E-state index contributed by atoms with van der Waals surface area (Å²) < 4.78 is 6.14. The van der Waals surface area contributed by atoms with Gasteiger partial charge in [-0.3, -0.25) is 20.4 Å². The molecule has 0 saturated carbocycles. The third-order valence-electron chi connectivity index (χ3n) is 2.23. The highest BCUT2D eigenvalue weighted by molar-refractivity contribution is 9.10. The Morgan fingerprint density at radius 3 is 2.75 bits per heavy atom. The number of hydrogen-bond donors (Lipinski definition) is 2. The quantitative estimate of drug-likeness (QED) is 0.828. The zero-order valence-corrected chi connectivity index (χ0v) is 12.7. The number of amides is 2. The van der Waals surface area contributed by atoms with Crippen LogP contribution in [0.25, 0.3) is 0 Å². The van der Waals surface area contributed by atoms with Crippen LogP contribution >= 0.6 is 27.3 Å². The van der Waals surface area contributed by atoms with Gasteiger partial charge in [0.1, 0.15) is 5.75 Å². The summed E-state index contributed by atoms with van der Waals surface area (Å²) in [6, 6.07) is 10.6. The van der Waals surface area contributed by atoms with Crippen molar-refractivity contribution in [2.45, 2.75) is 0 Å². The number of nitrogens with one attached hydrogen (secondary N) is 2. The maximum atomic E-state index is 11.6. The number of benzene rings is 1. The van der Waals surface area contributed by atoms with E-state index in [1.165, 1.54) is 11.3 Å². The molecular weight excluding hydrogens is 344 g/mol. The van der Waals surface area contributed by atoms with Crippen LogP contribution in [0.15, 0.2) is 46.3 Å². The van der Waals surface area contributed by atoms with Crippen molar-refractivity contribution in [1.29, 1.82) is 0 Å². The fourth-order valence-corrected chi connectivity index (χ4v) is 2.33. The molecule has 0 fully saturated rings. The van der Waals surface area contributed by atoms with E-state index in [9.17, 15) is 9.59 Å². The lowest BCUT2D eigenvalue weighted by Gasteiger charge is -2.08. The molecule has 1 heterocycles. The maximum Gasteiger partial charge on any atom is 0.279 e. The van der Waals surface area contributed by atoms with Crippen molar-refractivity contribution < 1.29 is 14.3 Å². The van der Waals surface area contributed by atoms with E-state index >= 15 is 0 Å². The normalized spacial score (nSPS) is 9.85. The predicted molar refractivity (Wildman–Crippen MR) is 79.6 cm³/mol. The molecule has 5 nitrogen and oxygen atoms in total. The average Bonchev–Trinajstić information content (AvgIpc) is 2.97. The van der Waals surface area contributed by atoms with Gasteiger partial charge in [-0.1, -0.05) is 28.1 Å². The molecule has 1 aromatic carbocycles. The summed E-state index contributed by atoms with van der Waals surface area (Å²) in [7, 11) is 0. The molecule has 7 heteroatoms. The molecule has 2 N–H and O–H groups in total. The molecule has 0 bridgehead atoms. The van der Waals surface area contributed by atoms with Gasteiger partial charge in [0.15, 0.2) is 6.61 Å². The van der Waals surface area contributed by atoms with Gasteiger partial charge in [-0.15, -0.1) is 11.3 Å². The van der Waals surface area contributed by atoms with E-state index in [4.69, 9.17) is 4.74 Å². The minimum Gasteiger partial charge on any atom is -0.484 e. The number of thiophene rings is 1. The van der Waals surface area contributed by atoms with Crippen molar-refractivity contribution in [3.63, 3.8) is 0 Å². The third-order valence-corrected chi connectivity index (χ3v) is 3.59. The average molecular weight is 355 g/mol. The summed E-state index contributed by atoms with van der Waals surface area (Å²) in [5, 5.41) is 1.78. The molecule has 0 saturated heterocycles. The van der Waals surface area contributed by atoms with E-state index < -0.39 is 5.91 Å². The Kier molecular flexibility index (Phi) is 5.14. The lowest BCUT2D eigenvalue weighted by molar-refractivity contribution is -0.123. The Balaban J connectivity index is 1.74. The Morgan fingerprint density at radius 1 is 1.20 bits per heavy atom. The molecule has 1 aromatic heterocycles. The molecule has 20 heavy (non-hydrogen) atoms. The minimum absolute atomic E-state index is 0.179. The second-order valence-electron chi connectivity index (χ2n) is 3.73. The molecular formula is C13H11BrN2O3S. The molecule has 0 radical (unpaired) electrons. The summed E-state index contributed by atoms with van der Waals surface area (Å²) in [4.78, 5) is 23.6. The summed E-state index contributed by atoms with van der Waals surface area (Å²) in [6.07, 6.45) is 0. The van der Waals surface area contributed by atoms with Crippen LogP contribution in [0.3, 0.4) is 0 Å². The first-order valence-corrected chi connectivity index (χ1v) is 7.33. The number of carbonyl (C=O) groups excluding carboxylic acids is 2. The standard InChI is InChI=1S/C13H11BrN2O3S/c14-9-3-1-4-10(7-9)19-8-12(17)15-16-13(18)11-5-2-6-20-11/h1-7H,8H2,(H,15,17)(H,16,18). The summed E-state index contributed by atoms with van der Waals surface area (Å²) in [5.74, 6) is -0.218. The second kappa shape index (κ2) is 7.06. The van der Waals surface area contributed by atoms with Gasteiger partial charge in [-0.25, -0.2) is 0 Å². The van der Waals surface area contributed by atoms with E-state index in [2.05, 4.69) is 26.8 Å². The SMILES string of the molecule is O=C(COc1cccc(Br)c1)NNC(=O)c1cccs1. The summed E-state index contributed by atoms with van der Waals surface area (Å²) >= 11 is 4.60. The lowest BCUT2D eigenvalue weighted by atomic mass is 10.3. The van der Waals surface area contributed by atoms with Crippen molar-refractivity contribution in [2.24, 2.45) is 0 Å². The van der Waals surface area contributed by atoms with Gasteiger partial charge >= 0.3 is 0 Å². The smallest absolute Gasteiger partial charge is 0.279 e. The van der Waals surface area contributed by atoms with Gasteiger partial charge in [-0.05, 0) is 29.6 Å². The largest absolute Gasteiger partial charge is 0.484 e. The number of hydrazine groups is 1. The number of halogens is 1. The Labute approximate surface area is 128 Å². The van der Waals surface area contributed by atoms with Crippen LogP contribution in [0.4, 0.5) is 0 Å². The zero-order valence-electron chi connectivity index (χ0n) is 10.3. The highest BCUT2D eigenvalue weighted by Crippen LogP contribution is 2.17. The molecule has 0 atom stereocenters. The maximum absolute atomic E-state index is 11.6. The second-order valence-corrected chi connectivity index (χ2v) is 5.59. The molecule has 2 amide bonds. The van der Waals surface area contributed by atoms with Crippen LogP contribution in [-0.4, -0.2) is 18.4 Å². The van der Waals surface area contributed by atoms with Gasteiger partial charge in [-0.2, -0.15) is 0 Å². The van der Waals surface area contributed by atoms with Crippen LogP contribution in [0.1, 0.15) is 9.67 Å². The third kappa shape index (κ3) is 4.36. The molecule has 0 spiro atoms. The topological polar surface area (TPSA) is 67.4 Å². The monoisotopic (exact) mass is 354 g/mol. The highest BCUT2D eigenvalue weighted by atomic mass is 79.9. The molecule has 0 aliphatic rings. The molecule has 0 aliphatic heterocycles. The van der Waals surface area contributed by atoms with Gasteiger partial charge in [0, 0.05) is 4.47 Å². The van der Waals surface area contributed by atoms with Crippen LogP contribution in [0, 0.1) is 0 Å². The van der Waals surface area contributed by atoms with Crippen molar-refractivity contribution in [2.75, 3.05) is 6.61 Å². The van der Waals surface area contributed by atoms with Crippen molar-refractivity contribution >= 4 is 39.1 Å². The summed E-state index contributed by atoms with van der Waals surface area (Å²) in [6.45, 7) is -0.179. The number of carbonyl (C=O) groups is 2. The molecule has 0 aliphatic carbocycles. The Hall–Kier alpha value is -1.86. The molecule has 104 valence electrons. The zero-order chi connectivity index (χ0) is 14.4. The first-order chi connectivity index (χ1) is 9.65. The number of rotatable bonds is 4. The first-order valence-electron chi connectivity index (χ1n) is 5.66. The van der Waals surface area contributed by atoms with Crippen LogP contribution in [0.5, 0.6) is 5.75 Å². The van der Waals surface area contributed by atoms with Gasteiger partial charge in [0.05, 0.1) is 4.88 Å². The number of hydrogen-bond acceptors (Lipinski definition) is 4. The Morgan fingerprint density at radius 2 is 2.05 bits per heavy atom. The van der Waals surface area contributed by atoms with E-state index in [0.717, 1.165) is 4.47 Å². The first kappa shape index (κ1) is 14.5. The molecule has 2 rings (SSSR count). The van der Waals surface area contributed by atoms with Crippen molar-refractivity contribution in [3.05, 3.63) is 51.1 Å². The fraction of sp³-hybridized carbons (Fsp3) is 0.0769. The van der Waals surface area contributed by atoms with E-state index in [1.807, 2.05) is 6.07 Å². The molecule has 2 aromatic rings. The van der Waals surface area contributed by atoms with Gasteiger partial charge < -0.3 is 4.74 Å². The van der Waals surface area contributed by atoms with Crippen molar-refractivity contribution in [1.82, 2.24) is 10.9 Å². The van der Waals surface area contributed by atoms with Crippen LogP contribution in [0.2, 0.25) is 0 Å².